The summed E-state index contributed by atoms with van der Waals surface area (Å²) in [5.41, 5.74) is 2.50. The average Bonchev–Trinajstić information content (AvgIpc) is 2.99. The van der Waals surface area contributed by atoms with Crippen molar-refractivity contribution in [1.82, 2.24) is 4.90 Å². The molecule has 2 rings (SSSR count). The maximum atomic E-state index is 10.3. The van der Waals surface area contributed by atoms with Gasteiger partial charge in [-0.25, -0.2) is 0 Å². The van der Waals surface area contributed by atoms with Crippen LogP contribution >= 0.6 is 0 Å². The Morgan fingerprint density at radius 2 is 1.68 bits per heavy atom. The van der Waals surface area contributed by atoms with Crippen molar-refractivity contribution in [3.63, 3.8) is 0 Å². The van der Waals surface area contributed by atoms with Gasteiger partial charge in [0, 0.05) is 6.54 Å². The molecular formula is C17H27NO. The summed E-state index contributed by atoms with van der Waals surface area (Å²) >= 11 is 0. The second-order valence-electron chi connectivity index (χ2n) is 5.65. The summed E-state index contributed by atoms with van der Waals surface area (Å²) in [6, 6.07) is 8.66. The van der Waals surface area contributed by atoms with E-state index in [-0.39, 0.29) is 6.10 Å². The molecule has 0 unspecified atom stereocenters. The lowest BCUT2D eigenvalue weighted by Gasteiger charge is -2.22. The van der Waals surface area contributed by atoms with Crippen molar-refractivity contribution in [3.8, 4) is 0 Å². The minimum absolute atomic E-state index is 0.363. The van der Waals surface area contributed by atoms with Gasteiger partial charge in [-0.15, -0.1) is 0 Å². The predicted octanol–water partition coefficient (Wildman–Crippen LogP) is 3.72. The van der Waals surface area contributed by atoms with Crippen molar-refractivity contribution in [2.24, 2.45) is 0 Å². The molecule has 1 atom stereocenters. The minimum Gasteiger partial charge on any atom is -0.387 e. The smallest absolute Gasteiger partial charge is 0.0916 e. The third-order valence-corrected chi connectivity index (χ3v) is 4.47. The Balaban J connectivity index is 1.97. The second-order valence-corrected chi connectivity index (χ2v) is 5.65. The summed E-state index contributed by atoms with van der Waals surface area (Å²) in [5.74, 6) is 0.758. The largest absolute Gasteiger partial charge is 0.387 e. The molecule has 1 aliphatic rings. The highest BCUT2D eigenvalue weighted by Gasteiger charge is 2.17. The summed E-state index contributed by atoms with van der Waals surface area (Å²) in [6.45, 7) is 7.00. The first kappa shape index (κ1) is 14.5. The molecule has 0 heterocycles. The van der Waals surface area contributed by atoms with Gasteiger partial charge in [-0.1, -0.05) is 51.0 Å². The molecule has 1 aromatic carbocycles. The van der Waals surface area contributed by atoms with Crippen molar-refractivity contribution in [2.45, 2.75) is 51.6 Å². The maximum Gasteiger partial charge on any atom is 0.0916 e. The molecule has 0 saturated heterocycles. The zero-order valence-electron chi connectivity index (χ0n) is 12.3. The lowest BCUT2D eigenvalue weighted by molar-refractivity contribution is 0.119. The van der Waals surface area contributed by atoms with Crippen molar-refractivity contribution < 1.29 is 5.11 Å². The van der Waals surface area contributed by atoms with Gasteiger partial charge >= 0.3 is 0 Å². The Labute approximate surface area is 117 Å². The van der Waals surface area contributed by atoms with Crippen molar-refractivity contribution in [3.05, 3.63) is 35.4 Å². The molecule has 19 heavy (non-hydrogen) atoms. The fourth-order valence-corrected chi connectivity index (χ4v) is 3.08. The van der Waals surface area contributed by atoms with E-state index in [4.69, 9.17) is 0 Å². The van der Waals surface area contributed by atoms with Crippen LogP contribution in [0.3, 0.4) is 0 Å². The molecule has 0 amide bonds. The molecule has 0 aliphatic heterocycles. The monoisotopic (exact) mass is 261 g/mol. The number of likely N-dealkylation sites (N-methyl/N-ethyl adjacent to an activating group) is 1. The molecule has 106 valence electrons. The summed E-state index contributed by atoms with van der Waals surface area (Å²) in [5, 5.41) is 10.3. The number of hydrogen-bond donors (Lipinski definition) is 1. The Kier molecular flexibility index (Phi) is 5.41. The number of aliphatic hydroxyl groups excluding tert-OH is 1. The molecule has 1 N–H and O–H groups in total. The van der Waals surface area contributed by atoms with E-state index in [0.717, 1.165) is 31.1 Å². The maximum absolute atomic E-state index is 10.3. The van der Waals surface area contributed by atoms with E-state index in [1.54, 1.807) is 0 Å². The fraction of sp³-hybridized carbons (Fsp3) is 0.647. The first-order chi connectivity index (χ1) is 9.24. The van der Waals surface area contributed by atoms with Crippen LogP contribution in [0.1, 0.15) is 62.7 Å². The number of aliphatic hydroxyl groups is 1. The van der Waals surface area contributed by atoms with Gasteiger partial charge in [0.15, 0.2) is 0 Å². The van der Waals surface area contributed by atoms with Crippen LogP contribution in [0.4, 0.5) is 0 Å². The standard InChI is InChI=1S/C17H27NO/c1-3-18(4-2)13-17(19)16-11-9-15(10-12-16)14-7-5-6-8-14/h9-12,14,17,19H,3-8,13H2,1-2H3/t17-/m1/s1. The molecule has 0 radical (unpaired) electrons. The molecule has 2 nitrogen and oxygen atoms in total. The highest BCUT2D eigenvalue weighted by Crippen LogP contribution is 2.34. The summed E-state index contributed by atoms with van der Waals surface area (Å²) in [4.78, 5) is 2.26. The highest BCUT2D eigenvalue weighted by atomic mass is 16.3. The lowest BCUT2D eigenvalue weighted by Crippen LogP contribution is -2.28. The average molecular weight is 261 g/mol. The normalized spacial score (nSPS) is 18.1. The molecule has 1 fully saturated rings. The summed E-state index contributed by atoms with van der Waals surface area (Å²) in [7, 11) is 0. The van der Waals surface area contributed by atoms with Crippen LogP contribution in [0.2, 0.25) is 0 Å². The van der Waals surface area contributed by atoms with Gasteiger partial charge in [0.05, 0.1) is 6.10 Å². The highest BCUT2D eigenvalue weighted by molar-refractivity contribution is 5.27. The lowest BCUT2D eigenvalue weighted by atomic mass is 9.95. The predicted molar refractivity (Wildman–Crippen MR) is 80.4 cm³/mol. The molecule has 1 aliphatic carbocycles. The van der Waals surface area contributed by atoms with E-state index < -0.39 is 0 Å². The Morgan fingerprint density at radius 3 is 2.21 bits per heavy atom. The van der Waals surface area contributed by atoms with E-state index in [9.17, 15) is 5.11 Å². The number of rotatable bonds is 6. The quantitative estimate of drug-likeness (QED) is 0.843. The summed E-state index contributed by atoms with van der Waals surface area (Å²) < 4.78 is 0. The van der Waals surface area contributed by atoms with Crippen LogP contribution in [0.15, 0.2) is 24.3 Å². The minimum atomic E-state index is -0.363. The SMILES string of the molecule is CCN(CC)C[C@@H](O)c1ccc(C2CCCC2)cc1. The van der Waals surface area contributed by atoms with E-state index in [1.165, 1.54) is 31.2 Å². The van der Waals surface area contributed by atoms with E-state index in [2.05, 4.69) is 43.0 Å². The molecule has 2 heteroatoms. The van der Waals surface area contributed by atoms with Crippen molar-refractivity contribution >= 4 is 0 Å². The Bertz CT molecular complexity index is 363. The van der Waals surface area contributed by atoms with Crippen molar-refractivity contribution in [1.29, 1.82) is 0 Å². The first-order valence-electron chi connectivity index (χ1n) is 7.74. The van der Waals surface area contributed by atoms with Crippen LogP contribution < -0.4 is 0 Å². The molecule has 0 aromatic heterocycles. The van der Waals surface area contributed by atoms with Gasteiger partial charge in [0.25, 0.3) is 0 Å². The second kappa shape index (κ2) is 7.06. The number of benzene rings is 1. The Hall–Kier alpha value is -0.860. The van der Waals surface area contributed by atoms with Gasteiger partial charge in [0.1, 0.15) is 0 Å². The van der Waals surface area contributed by atoms with Gasteiger partial charge in [-0.2, -0.15) is 0 Å². The van der Waals surface area contributed by atoms with Gasteiger partial charge in [-0.05, 0) is 43.0 Å². The van der Waals surface area contributed by atoms with Crippen LogP contribution in [-0.4, -0.2) is 29.6 Å². The molecular weight excluding hydrogens is 234 g/mol. The molecule has 0 spiro atoms. The van der Waals surface area contributed by atoms with Crippen LogP contribution in [-0.2, 0) is 0 Å². The Morgan fingerprint density at radius 1 is 1.11 bits per heavy atom. The number of nitrogens with zero attached hydrogens (tertiary/aromatic N) is 1. The van der Waals surface area contributed by atoms with Crippen LogP contribution in [0.25, 0.3) is 0 Å². The van der Waals surface area contributed by atoms with E-state index >= 15 is 0 Å². The van der Waals surface area contributed by atoms with Gasteiger partial charge < -0.3 is 10.0 Å². The number of hydrogen-bond acceptors (Lipinski definition) is 2. The van der Waals surface area contributed by atoms with Gasteiger partial charge in [0.2, 0.25) is 0 Å². The van der Waals surface area contributed by atoms with Crippen molar-refractivity contribution in [2.75, 3.05) is 19.6 Å². The summed E-state index contributed by atoms with van der Waals surface area (Å²) in [6.07, 6.45) is 5.05. The fourth-order valence-electron chi connectivity index (χ4n) is 3.08. The van der Waals surface area contributed by atoms with Gasteiger partial charge in [-0.3, -0.25) is 0 Å². The molecule has 0 bridgehead atoms. The van der Waals surface area contributed by atoms with E-state index in [0.29, 0.717) is 0 Å². The van der Waals surface area contributed by atoms with Crippen LogP contribution in [0, 0.1) is 0 Å². The van der Waals surface area contributed by atoms with Crippen LogP contribution in [0.5, 0.6) is 0 Å². The zero-order chi connectivity index (χ0) is 13.7. The topological polar surface area (TPSA) is 23.5 Å². The molecule has 1 saturated carbocycles. The first-order valence-corrected chi connectivity index (χ1v) is 7.74. The van der Waals surface area contributed by atoms with E-state index in [1.807, 2.05) is 0 Å². The third kappa shape index (κ3) is 3.80. The zero-order valence-corrected chi connectivity index (χ0v) is 12.3. The molecule has 1 aromatic rings. The third-order valence-electron chi connectivity index (χ3n) is 4.47.